The Morgan fingerprint density at radius 3 is 2.57 bits per heavy atom. The fourth-order valence-electron chi connectivity index (χ4n) is 1.11. The van der Waals surface area contributed by atoms with Gasteiger partial charge in [0, 0.05) is 4.47 Å². The fraction of sp³-hybridized carbons (Fsp3) is 0.111. The minimum absolute atomic E-state index is 0.365. The van der Waals surface area contributed by atoms with Gasteiger partial charge in [-0.15, -0.1) is 5.10 Å². The normalized spacial score (nSPS) is 10.4. The molecule has 0 unspecified atom stereocenters. The summed E-state index contributed by atoms with van der Waals surface area (Å²) >= 11 is 3.37. The summed E-state index contributed by atoms with van der Waals surface area (Å²) in [6.07, 6.45) is 1.66. The first-order chi connectivity index (χ1) is 6.79. The van der Waals surface area contributed by atoms with Crippen LogP contribution in [0.2, 0.25) is 0 Å². The lowest BCUT2D eigenvalue weighted by Crippen LogP contribution is -2.00. The third-order valence-electron chi connectivity index (χ3n) is 1.81. The molecule has 0 bridgehead atoms. The molecule has 5 heteroatoms. The van der Waals surface area contributed by atoms with E-state index in [4.69, 9.17) is 5.73 Å². The van der Waals surface area contributed by atoms with E-state index >= 15 is 0 Å². The fourth-order valence-corrected chi connectivity index (χ4v) is 1.37. The molecule has 2 N–H and O–H groups in total. The summed E-state index contributed by atoms with van der Waals surface area (Å²) in [6, 6.07) is 7.83. The van der Waals surface area contributed by atoms with Crippen LogP contribution in [0.5, 0.6) is 0 Å². The monoisotopic (exact) mass is 252 g/mol. The van der Waals surface area contributed by atoms with Gasteiger partial charge in [-0.05, 0) is 24.3 Å². The molecule has 0 spiro atoms. The lowest BCUT2D eigenvalue weighted by Gasteiger charge is -1.99. The van der Waals surface area contributed by atoms with Crippen LogP contribution in [0.25, 0.3) is 5.69 Å². The van der Waals surface area contributed by atoms with Gasteiger partial charge in [-0.25, -0.2) is 9.67 Å². The summed E-state index contributed by atoms with van der Waals surface area (Å²) in [5.41, 5.74) is 6.39. The summed E-state index contributed by atoms with van der Waals surface area (Å²) in [6.45, 7) is 0.365. The van der Waals surface area contributed by atoms with Crippen molar-refractivity contribution >= 4 is 15.9 Å². The number of rotatable bonds is 2. The number of aromatic nitrogens is 3. The zero-order valence-corrected chi connectivity index (χ0v) is 8.98. The number of hydrogen-bond acceptors (Lipinski definition) is 3. The molecule has 2 rings (SSSR count). The Kier molecular flexibility index (Phi) is 2.60. The average molecular weight is 253 g/mol. The van der Waals surface area contributed by atoms with Gasteiger partial charge in [0.15, 0.2) is 5.82 Å². The second kappa shape index (κ2) is 3.89. The van der Waals surface area contributed by atoms with Gasteiger partial charge in [0.25, 0.3) is 0 Å². The molecule has 0 fully saturated rings. The van der Waals surface area contributed by atoms with Crippen molar-refractivity contribution in [1.82, 2.24) is 14.8 Å². The predicted molar refractivity (Wildman–Crippen MR) is 57.0 cm³/mol. The van der Waals surface area contributed by atoms with Crippen molar-refractivity contribution in [2.24, 2.45) is 5.73 Å². The van der Waals surface area contributed by atoms with E-state index in [0.29, 0.717) is 12.4 Å². The van der Waals surface area contributed by atoms with E-state index in [1.54, 1.807) is 11.0 Å². The Labute approximate surface area is 89.9 Å². The van der Waals surface area contributed by atoms with Crippen LogP contribution in [0.15, 0.2) is 35.1 Å². The Balaban J connectivity index is 2.34. The Bertz CT molecular complexity index is 421. The van der Waals surface area contributed by atoms with E-state index in [1.807, 2.05) is 24.3 Å². The van der Waals surface area contributed by atoms with Gasteiger partial charge in [-0.2, -0.15) is 0 Å². The lowest BCUT2D eigenvalue weighted by atomic mass is 10.3. The van der Waals surface area contributed by atoms with E-state index in [0.717, 1.165) is 10.2 Å². The highest BCUT2D eigenvalue weighted by Crippen LogP contribution is 2.12. The predicted octanol–water partition coefficient (Wildman–Crippen LogP) is 1.49. The zero-order valence-electron chi connectivity index (χ0n) is 7.39. The highest BCUT2D eigenvalue weighted by molar-refractivity contribution is 9.10. The average Bonchev–Trinajstić information content (AvgIpc) is 2.67. The highest BCUT2D eigenvalue weighted by Gasteiger charge is 2.00. The smallest absolute Gasteiger partial charge is 0.164 e. The maximum absolute atomic E-state index is 5.42. The number of benzene rings is 1. The van der Waals surface area contributed by atoms with E-state index in [9.17, 15) is 0 Å². The van der Waals surface area contributed by atoms with Crippen LogP contribution >= 0.6 is 15.9 Å². The van der Waals surface area contributed by atoms with E-state index in [2.05, 4.69) is 26.0 Å². The molecule has 1 aromatic carbocycles. The first kappa shape index (κ1) is 9.36. The van der Waals surface area contributed by atoms with E-state index < -0.39 is 0 Å². The van der Waals surface area contributed by atoms with Gasteiger partial charge in [-0.1, -0.05) is 15.9 Å². The van der Waals surface area contributed by atoms with Crippen molar-refractivity contribution in [3.8, 4) is 5.69 Å². The van der Waals surface area contributed by atoms with Crippen molar-refractivity contribution in [3.05, 3.63) is 40.9 Å². The molecule has 4 nitrogen and oxygen atoms in total. The Morgan fingerprint density at radius 2 is 2.00 bits per heavy atom. The van der Waals surface area contributed by atoms with E-state index in [1.165, 1.54) is 0 Å². The number of halogens is 1. The minimum atomic E-state index is 0.365. The van der Waals surface area contributed by atoms with Gasteiger partial charge in [0.05, 0.1) is 12.2 Å². The summed E-state index contributed by atoms with van der Waals surface area (Å²) in [5.74, 6) is 0.646. The quantitative estimate of drug-likeness (QED) is 0.882. The number of nitrogens with two attached hydrogens (primary N) is 1. The molecule has 72 valence electrons. The minimum Gasteiger partial charge on any atom is -0.324 e. The van der Waals surface area contributed by atoms with Gasteiger partial charge < -0.3 is 5.73 Å². The molecule has 0 atom stereocenters. The SMILES string of the molecule is NCc1ncn(-c2ccc(Br)cc2)n1. The molecule has 1 aromatic heterocycles. The van der Waals surface area contributed by atoms with Crippen molar-refractivity contribution in [1.29, 1.82) is 0 Å². The third kappa shape index (κ3) is 1.83. The third-order valence-corrected chi connectivity index (χ3v) is 2.34. The van der Waals surface area contributed by atoms with Gasteiger partial charge in [0.2, 0.25) is 0 Å². The topological polar surface area (TPSA) is 56.7 Å². The van der Waals surface area contributed by atoms with Gasteiger partial charge in [0.1, 0.15) is 6.33 Å². The molecular weight excluding hydrogens is 244 g/mol. The number of nitrogens with zero attached hydrogens (tertiary/aromatic N) is 3. The second-order valence-corrected chi connectivity index (χ2v) is 3.70. The molecule has 0 saturated heterocycles. The zero-order chi connectivity index (χ0) is 9.97. The highest BCUT2D eigenvalue weighted by atomic mass is 79.9. The van der Waals surface area contributed by atoms with E-state index in [-0.39, 0.29) is 0 Å². The Hall–Kier alpha value is -1.20. The molecular formula is C9H9BrN4. The molecule has 0 aliphatic rings. The summed E-state index contributed by atoms with van der Waals surface area (Å²) in [7, 11) is 0. The summed E-state index contributed by atoms with van der Waals surface area (Å²) in [5, 5.41) is 4.19. The van der Waals surface area contributed by atoms with Gasteiger partial charge >= 0.3 is 0 Å². The van der Waals surface area contributed by atoms with Crippen LogP contribution in [0.4, 0.5) is 0 Å². The molecule has 0 amide bonds. The molecule has 0 saturated carbocycles. The van der Waals surface area contributed by atoms with Gasteiger partial charge in [-0.3, -0.25) is 0 Å². The molecule has 1 heterocycles. The van der Waals surface area contributed by atoms with Crippen LogP contribution in [0.3, 0.4) is 0 Å². The molecule has 14 heavy (non-hydrogen) atoms. The van der Waals surface area contributed by atoms with Crippen molar-refractivity contribution in [2.45, 2.75) is 6.54 Å². The summed E-state index contributed by atoms with van der Waals surface area (Å²) < 4.78 is 2.75. The first-order valence-electron chi connectivity index (χ1n) is 4.16. The maximum Gasteiger partial charge on any atom is 0.164 e. The van der Waals surface area contributed by atoms with Crippen LogP contribution in [0.1, 0.15) is 5.82 Å². The number of hydrogen-bond donors (Lipinski definition) is 1. The largest absolute Gasteiger partial charge is 0.324 e. The molecule has 0 aliphatic carbocycles. The van der Waals surface area contributed by atoms with Crippen LogP contribution < -0.4 is 5.73 Å². The summed E-state index contributed by atoms with van der Waals surface area (Å²) in [4.78, 5) is 4.05. The molecule has 0 aliphatic heterocycles. The van der Waals surface area contributed by atoms with Crippen molar-refractivity contribution in [2.75, 3.05) is 0 Å². The standard InChI is InChI=1S/C9H9BrN4/c10-7-1-3-8(4-2-7)14-6-12-9(5-11)13-14/h1-4,6H,5,11H2. The molecule has 2 aromatic rings. The van der Waals surface area contributed by atoms with Crippen molar-refractivity contribution < 1.29 is 0 Å². The lowest BCUT2D eigenvalue weighted by molar-refractivity contribution is 0.830. The Morgan fingerprint density at radius 1 is 1.29 bits per heavy atom. The second-order valence-electron chi connectivity index (χ2n) is 2.79. The maximum atomic E-state index is 5.42. The van der Waals surface area contributed by atoms with Crippen LogP contribution in [-0.4, -0.2) is 14.8 Å². The van der Waals surface area contributed by atoms with Crippen molar-refractivity contribution in [3.63, 3.8) is 0 Å². The van der Waals surface area contributed by atoms with Crippen LogP contribution in [0, 0.1) is 0 Å². The first-order valence-corrected chi connectivity index (χ1v) is 4.95. The van der Waals surface area contributed by atoms with Crippen LogP contribution in [-0.2, 0) is 6.54 Å². The molecule has 0 radical (unpaired) electrons.